The summed E-state index contributed by atoms with van der Waals surface area (Å²) >= 11 is 0. The summed E-state index contributed by atoms with van der Waals surface area (Å²) < 4.78 is 51.4. The van der Waals surface area contributed by atoms with Gasteiger partial charge in [0, 0.05) is 32.0 Å². The predicted octanol–water partition coefficient (Wildman–Crippen LogP) is 11.4. The van der Waals surface area contributed by atoms with E-state index < -0.39 is 21.7 Å². The Morgan fingerprint density at radius 1 is 0.833 bits per heavy atom. The molecule has 0 radical (unpaired) electrons. The number of nitrogens with one attached hydrogen (secondary N) is 1. The molecule has 54 heavy (non-hydrogen) atoms. The van der Waals surface area contributed by atoms with Gasteiger partial charge in [-0.3, -0.25) is 4.98 Å². The average molecular weight is 788 g/mol. The fourth-order valence-electron chi connectivity index (χ4n) is 4.16. The zero-order valence-corrected chi connectivity index (χ0v) is 38.1. The highest BCUT2D eigenvalue weighted by Gasteiger charge is 2.16. The Morgan fingerprint density at radius 3 is 1.63 bits per heavy atom. The number of rotatable bonds is 13. The van der Waals surface area contributed by atoms with Crippen LogP contribution < -0.4 is 10.5 Å². The SMILES string of the molecule is CC(=O)CC(C)C.CC(C)(C)CCNS(=O)(=O)c1cccnc1.CC(C)(C)Cc1ccc(F)c(F)c1.CC(C)CCN.CC(C)CCO.CCCC(C)C. The van der Waals surface area contributed by atoms with E-state index in [2.05, 4.69) is 99.7 Å². The minimum atomic E-state index is -3.40. The Balaban J connectivity index is -0.000000295. The van der Waals surface area contributed by atoms with Crippen LogP contribution in [0.15, 0.2) is 47.6 Å². The normalized spacial score (nSPS) is 11.2. The zero-order valence-electron chi connectivity index (χ0n) is 37.3. The molecule has 7 nitrogen and oxygen atoms in total. The largest absolute Gasteiger partial charge is 0.396 e. The van der Waals surface area contributed by atoms with Crippen LogP contribution in [0.4, 0.5) is 8.78 Å². The smallest absolute Gasteiger partial charge is 0.242 e. The van der Waals surface area contributed by atoms with Gasteiger partial charge in [-0.25, -0.2) is 21.9 Å². The minimum absolute atomic E-state index is 0.101. The van der Waals surface area contributed by atoms with Gasteiger partial charge in [0.15, 0.2) is 11.6 Å². The third kappa shape index (κ3) is 45.9. The monoisotopic (exact) mass is 788 g/mol. The Labute approximate surface area is 332 Å². The topological polar surface area (TPSA) is 122 Å². The van der Waals surface area contributed by atoms with Crippen molar-refractivity contribution in [3.63, 3.8) is 0 Å². The number of sulfonamides is 1. The molecule has 2 rings (SSSR count). The summed E-state index contributed by atoms with van der Waals surface area (Å²) in [6.45, 7) is 35.0. The molecule has 318 valence electrons. The number of benzene rings is 1. The van der Waals surface area contributed by atoms with Crippen LogP contribution in [-0.2, 0) is 21.2 Å². The molecule has 10 heteroatoms. The number of Topliss-reactive ketones (excluding diaryl/α,β-unsaturated/α-hetero) is 1. The van der Waals surface area contributed by atoms with Gasteiger partial charge in [-0.2, -0.15) is 0 Å². The van der Waals surface area contributed by atoms with Crippen molar-refractivity contribution in [2.75, 3.05) is 19.7 Å². The molecular weight excluding hydrogens is 705 g/mol. The number of ketones is 1. The van der Waals surface area contributed by atoms with Gasteiger partial charge in [0.25, 0.3) is 0 Å². The summed E-state index contributed by atoms with van der Waals surface area (Å²) in [5.41, 5.74) is 6.29. The van der Waals surface area contributed by atoms with E-state index in [9.17, 15) is 22.0 Å². The number of carbonyl (C=O) groups is 1. The Bertz CT molecular complexity index is 1250. The summed E-state index contributed by atoms with van der Waals surface area (Å²) in [6.07, 6.45) is 9.96. The molecule has 1 aromatic heterocycles. The molecule has 1 aromatic carbocycles. The van der Waals surface area contributed by atoms with Crippen LogP contribution in [0.25, 0.3) is 0 Å². The minimum Gasteiger partial charge on any atom is -0.396 e. The van der Waals surface area contributed by atoms with E-state index in [1.165, 1.54) is 37.2 Å². The van der Waals surface area contributed by atoms with E-state index in [-0.39, 0.29) is 21.5 Å². The third-order valence-electron chi connectivity index (χ3n) is 6.84. The molecule has 0 aliphatic heterocycles. The van der Waals surface area contributed by atoms with Gasteiger partial charge < -0.3 is 15.6 Å². The van der Waals surface area contributed by atoms with Crippen molar-refractivity contribution in [3.8, 4) is 0 Å². The number of nitrogens with zero attached hydrogens (tertiary/aromatic N) is 1. The number of carbonyl (C=O) groups excluding carboxylic acids is 1. The molecule has 1 heterocycles. The molecule has 2 aromatic rings. The second-order valence-corrected chi connectivity index (χ2v) is 19.5. The van der Waals surface area contributed by atoms with Gasteiger partial charge in [0.2, 0.25) is 10.0 Å². The molecule has 0 aliphatic carbocycles. The first-order valence-electron chi connectivity index (χ1n) is 19.8. The third-order valence-corrected chi connectivity index (χ3v) is 8.29. The lowest BCUT2D eigenvalue weighted by molar-refractivity contribution is -0.117. The van der Waals surface area contributed by atoms with Crippen molar-refractivity contribution < 1.29 is 27.1 Å². The Kier molecular flexibility index (Phi) is 35.6. The van der Waals surface area contributed by atoms with E-state index in [0.29, 0.717) is 25.0 Å². The van der Waals surface area contributed by atoms with Crippen molar-refractivity contribution in [2.45, 2.75) is 161 Å². The van der Waals surface area contributed by atoms with Crippen molar-refractivity contribution >= 4 is 15.8 Å². The maximum absolute atomic E-state index is 12.8. The molecule has 0 spiro atoms. The maximum Gasteiger partial charge on any atom is 0.242 e. The summed E-state index contributed by atoms with van der Waals surface area (Å²) in [7, 11) is -3.40. The maximum atomic E-state index is 12.8. The molecule has 0 saturated heterocycles. The summed E-state index contributed by atoms with van der Waals surface area (Å²) in [5, 5.41) is 8.24. The highest BCUT2D eigenvalue weighted by atomic mass is 32.2. The number of aliphatic hydroxyl groups is 1. The lowest BCUT2D eigenvalue weighted by atomic mass is 9.88. The van der Waals surface area contributed by atoms with Gasteiger partial charge in [0.1, 0.15) is 10.7 Å². The van der Waals surface area contributed by atoms with Crippen molar-refractivity contribution in [2.24, 2.45) is 40.2 Å². The average Bonchev–Trinajstić information content (AvgIpc) is 2.99. The van der Waals surface area contributed by atoms with Gasteiger partial charge in [-0.15, -0.1) is 0 Å². The molecule has 0 aliphatic rings. The van der Waals surface area contributed by atoms with Crippen LogP contribution in [0.1, 0.15) is 155 Å². The first kappa shape index (κ1) is 58.4. The Morgan fingerprint density at radius 2 is 1.37 bits per heavy atom. The summed E-state index contributed by atoms with van der Waals surface area (Å²) in [4.78, 5) is 14.3. The van der Waals surface area contributed by atoms with Gasteiger partial charge in [-0.05, 0) is 103 Å². The van der Waals surface area contributed by atoms with E-state index >= 15 is 0 Å². The number of pyridine rings is 1. The molecule has 0 saturated carbocycles. The summed E-state index contributed by atoms with van der Waals surface area (Å²) in [5.74, 6) is 1.59. The fourth-order valence-corrected chi connectivity index (χ4v) is 5.15. The predicted molar refractivity (Wildman–Crippen MR) is 228 cm³/mol. The molecule has 0 unspecified atom stereocenters. The van der Waals surface area contributed by atoms with Gasteiger partial charge in [-0.1, -0.05) is 123 Å². The molecule has 0 atom stereocenters. The van der Waals surface area contributed by atoms with Gasteiger partial charge in [0.05, 0.1) is 0 Å². The first-order chi connectivity index (χ1) is 24.6. The Hall–Kier alpha value is -2.27. The fraction of sp³-hybridized carbons (Fsp3) is 0.727. The zero-order chi connectivity index (χ0) is 43.1. The van der Waals surface area contributed by atoms with E-state index in [1.54, 1.807) is 25.3 Å². The number of aromatic nitrogens is 1. The van der Waals surface area contributed by atoms with Crippen LogP contribution in [-0.4, -0.2) is 44.0 Å². The van der Waals surface area contributed by atoms with Gasteiger partial charge >= 0.3 is 0 Å². The van der Waals surface area contributed by atoms with Crippen LogP contribution in [0.2, 0.25) is 0 Å². The number of aliphatic hydroxyl groups excluding tert-OH is 1. The molecule has 0 amide bonds. The van der Waals surface area contributed by atoms with E-state index in [0.717, 1.165) is 56.0 Å². The molecule has 4 N–H and O–H groups in total. The van der Waals surface area contributed by atoms with Crippen molar-refractivity contribution in [1.82, 2.24) is 9.71 Å². The molecule has 0 fully saturated rings. The highest BCUT2D eigenvalue weighted by Crippen LogP contribution is 2.21. The van der Waals surface area contributed by atoms with E-state index in [1.807, 2.05) is 13.8 Å². The number of nitrogens with two attached hydrogens (primary N) is 1. The lowest BCUT2D eigenvalue weighted by Crippen LogP contribution is -2.27. The number of hydrogen-bond acceptors (Lipinski definition) is 6. The second-order valence-electron chi connectivity index (χ2n) is 17.7. The van der Waals surface area contributed by atoms with Crippen LogP contribution in [0.3, 0.4) is 0 Å². The first-order valence-corrected chi connectivity index (χ1v) is 21.3. The van der Waals surface area contributed by atoms with Crippen LogP contribution >= 0.6 is 0 Å². The lowest BCUT2D eigenvalue weighted by Gasteiger charge is -2.17. The quantitative estimate of drug-likeness (QED) is 0.186. The number of hydrogen-bond donors (Lipinski definition) is 3. The van der Waals surface area contributed by atoms with Crippen molar-refractivity contribution in [1.29, 1.82) is 0 Å². The molecule has 0 bridgehead atoms. The summed E-state index contributed by atoms with van der Waals surface area (Å²) in [6, 6.07) is 7.21. The molecular formula is C44H83F2N3O4S. The highest BCUT2D eigenvalue weighted by molar-refractivity contribution is 7.89. The number of halogens is 2. The standard InChI is InChI=1S/C11H14F2.C11H18N2O2S.C6H12O.C6H14.C5H13N.C5H12O/c1-11(2,3)7-8-4-5-9(12)10(13)6-8;1-11(2,3)6-8-13-16(14,15)10-5-4-7-12-9-10;1-5(2)4-6(3)7;1-4-5-6(2)3;2*1-5(2)3-4-6/h4-6H,7H2,1-3H3;4-5,7,9,13H,6,8H2,1-3H3;5H,4H2,1-3H3;6H,4-5H2,1-3H3;5H,3-4,6H2,1-2H3;5-6H,3-4H2,1-2H3. The van der Waals surface area contributed by atoms with Crippen LogP contribution in [0, 0.1) is 46.1 Å². The van der Waals surface area contributed by atoms with Crippen molar-refractivity contribution in [3.05, 3.63) is 59.9 Å². The van der Waals surface area contributed by atoms with Crippen LogP contribution in [0.5, 0.6) is 0 Å². The van der Waals surface area contributed by atoms with E-state index in [4.69, 9.17) is 10.8 Å². The second kappa shape index (κ2) is 32.9.